The summed E-state index contributed by atoms with van der Waals surface area (Å²) in [5, 5.41) is 15.6. The lowest BCUT2D eigenvalue weighted by Crippen LogP contribution is -2.31. The average Bonchev–Trinajstić information content (AvgIpc) is 2.30. The number of rotatable bonds is 2. The second-order valence-electron chi connectivity index (χ2n) is 4.20. The van der Waals surface area contributed by atoms with E-state index in [0.717, 1.165) is 25.3 Å². The van der Waals surface area contributed by atoms with Crippen molar-refractivity contribution in [1.29, 1.82) is 0 Å². The summed E-state index contributed by atoms with van der Waals surface area (Å²) < 4.78 is 0. The van der Waals surface area contributed by atoms with Crippen LogP contribution in [0.3, 0.4) is 0 Å². The van der Waals surface area contributed by atoms with Crippen LogP contribution in [0, 0.1) is 5.92 Å². The lowest BCUT2D eigenvalue weighted by atomic mass is 9.86. The standard InChI is InChI=1S/C8H16O.C4H10N2S.CH4/c1-2-7-4-3-5-8(9)6-7;1-3-6-4(7)5-2;/h7-9H,2-6H2,1H3;3H2,1-2H3,(H2,5,6,7);1H4. The second kappa shape index (κ2) is 12.1. The predicted octanol–water partition coefficient (Wildman–Crippen LogP) is 2.68. The van der Waals surface area contributed by atoms with Gasteiger partial charge in [0.25, 0.3) is 0 Å². The van der Waals surface area contributed by atoms with E-state index >= 15 is 0 Å². The van der Waals surface area contributed by atoms with Gasteiger partial charge in [-0.15, -0.1) is 0 Å². The minimum Gasteiger partial charge on any atom is -0.393 e. The van der Waals surface area contributed by atoms with E-state index in [0.29, 0.717) is 5.11 Å². The van der Waals surface area contributed by atoms with E-state index in [2.05, 4.69) is 17.6 Å². The summed E-state index contributed by atoms with van der Waals surface area (Å²) in [7, 11) is 1.80. The number of hydrogen-bond donors (Lipinski definition) is 3. The fraction of sp³-hybridized carbons (Fsp3) is 0.923. The van der Waals surface area contributed by atoms with Gasteiger partial charge in [-0.3, -0.25) is 0 Å². The molecule has 0 amide bonds. The molecule has 1 fully saturated rings. The molecule has 0 radical (unpaired) electrons. The van der Waals surface area contributed by atoms with E-state index < -0.39 is 0 Å². The molecule has 4 heteroatoms. The third-order valence-electron chi connectivity index (χ3n) is 2.90. The summed E-state index contributed by atoms with van der Waals surface area (Å²) in [4.78, 5) is 0. The van der Waals surface area contributed by atoms with E-state index in [1.807, 2.05) is 6.92 Å². The molecule has 1 aliphatic carbocycles. The van der Waals surface area contributed by atoms with E-state index in [-0.39, 0.29) is 13.5 Å². The maximum Gasteiger partial charge on any atom is 0.166 e. The van der Waals surface area contributed by atoms with Crippen LogP contribution in [0.4, 0.5) is 0 Å². The van der Waals surface area contributed by atoms with Gasteiger partial charge >= 0.3 is 0 Å². The molecule has 104 valence electrons. The molecule has 17 heavy (non-hydrogen) atoms. The van der Waals surface area contributed by atoms with Gasteiger partial charge in [-0.25, -0.2) is 0 Å². The Bertz CT molecular complexity index is 188. The first-order valence-corrected chi connectivity index (χ1v) is 6.68. The van der Waals surface area contributed by atoms with Gasteiger partial charge in [0.15, 0.2) is 5.11 Å². The zero-order chi connectivity index (χ0) is 12.4. The number of hydrogen-bond acceptors (Lipinski definition) is 2. The van der Waals surface area contributed by atoms with Gasteiger partial charge in [0, 0.05) is 13.6 Å². The van der Waals surface area contributed by atoms with Gasteiger partial charge < -0.3 is 15.7 Å². The Kier molecular flexibility index (Phi) is 13.5. The Morgan fingerprint density at radius 3 is 2.29 bits per heavy atom. The first-order valence-electron chi connectivity index (χ1n) is 6.27. The third kappa shape index (κ3) is 10.5. The highest BCUT2D eigenvalue weighted by atomic mass is 32.1. The molecule has 1 saturated carbocycles. The van der Waals surface area contributed by atoms with Crippen LogP contribution >= 0.6 is 12.2 Å². The summed E-state index contributed by atoms with van der Waals surface area (Å²) in [5.41, 5.74) is 0. The molecule has 3 N–H and O–H groups in total. The first kappa shape index (κ1) is 19.0. The number of thiocarbonyl (C=S) groups is 1. The largest absolute Gasteiger partial charge is 0.393 e. The van der Waals surface area contributed by atoms with E-state index in [4.69, 9.17) is 12.2 Å². The zero-order valence-corrected chi connectivity index (χ0v) is 11.6. The minimum atomic E-state index is 0. The van der Waals surface area contributed by atoms with Crippen molar-refractivity contribution in [2.75, 3.05) is 13.6 Å². The minimum absolute atomic E-state index is 0. The van der Waals surface area contributed by atoms with Gasteiger partial charge in [0.1, 0.15) is 0 Å². The predicted molar refractivity (Wildman–Crippen MR) is 80.3 cm³/mol. The van der Waals surface area contributed by atoms with Gasteiger partial charge in [0.2, 0.25) is 0 Å². The molecular formula is C13H30N2OS. The van der Waals surface area contributed by atoms with Crippen LogP contribution in [0.1, 0.15) is 53.4 Å². The van der Waals surface area contributed by atoms with Crippen LogP contribution in [0.15, 0.2) is 0 Å². The smallest absolute Gasteiger partial charge is 0.166 e. The Morgan fingerprint density at radius 1 is 1.35 bits per heavy atom. The highest BCUT2D eigenvalue weighted by Gasteiger charge is 2.17. The second-order valence-corrected chi connectivity index (χ2v) is 4.61. The topological polar surface area (TPSA) is 44.3 Å². The van der Waals surface area contributed by atoms with Gasteiger partial charge in [-0.2, -0.15) is 0 Å². The van der Waals surface area contributed by atoms with Crippen molar-refractivity contribution in [3.8, 4) is 0 Å². The van der Waals surface area contributed by atoms with Crippen LogP contribution < -0.4 is 10.6 Å². The molecule has 3 nitrogen and oxygen atoms in total. The molecule has 0 saturated heterocycles. The lowest BCUT2D eigenvalue weighted by Gasteiger charge is -2.24. The fourth-order valence-corrected chi connectivity index (χ4v) is 2.03. The summed E-state index contributed by atoms with van der Waals surface area (Å²) >= 11 is 4.73. The molecule has 0 bridgehead atoms. The summed E-state index contributed by atoms with van der Waals surface area (Å²) in [6.45, 7) is 5.10. The van der Waals surface area contributed by atoms with Crippen LogP contribution in [-0.2, 0) is 0 Å². The van der Waals surface area contributed by atoms with Crippen LogP contribution in [-0.4, -0.2) is 29.9 Å². The number of aliphatic hydroxyl groups excluding tert-OH is 1. The quantitative estimate of drug-likeness (QED) is 0.670. The Morgan fingerprint density at radius 2 is 2.00 bits per heavy atom. The van der Waals surface area contributed by atoms with Crippen LogP contribution in [0.2, 0.25) is 0 Å². The number of aliphatic hydroxyl groups is 1. The average molecular weight is 262 g/mol. The molecule has 1 aliphatic rings. The Balaban J connectivity index is 0. The molecule has 0 spiro atoms. The molecule has 0 aromatic heterocycles. The molecule has 2 unspecified atom stereocenters. The third-order valence-corrected chi connectivity index (χ3v) is 3.25. The summed E-state index contributed by atoms with van der Waals surface area (Å²) in [6, 6.07) is 0. The fourth-order valence-electron chi connectivity index (χ4n) is 1.88. The normalized spacial score (nSPS) is 22.6. The van der Waals surface area contributed by atoms with E-state index in [1.54, 1.807) is 7.05 Å². The SMILES string of the molecule is C.CCC1CCCC(O)C1.CCNC(=S)NC. The Hall–Kier alpha value is -0.350. The van der Waals surface area contributed by atoms with Crippen LogP contribution in [0.5, 0.6) is 0 Å². The Labute approximate surface area is 112 Å². The molecule has 0 aromatic carbocycles. The maximum absolute atomic E-state index is 9.21. The molecule has 2 atom stereocenters. The van der Waals surface area contributed by atoms with Gasteiger partial charge in [0.05, 0.1) is 6.10 Å². The van der Waals surface area contributed by atoms with Gasteiger partial charge in [-0.05, 0) is 37.9 Å². The highest BCUT2D eigenvalue weighted by molar-refractivity contribution is 7.80. The first-order chi connectivity index (χ1) is 7.63. The zero-order valence-electron chi connectivity index (χ0n) is 10.8. The molecular weight excluding hydrogens is 232 g/mol. The van der Waals surface area contributed by atoms with Crippen molar-refractivity contribution in [3.63, 3.8) is 0 Å². The van der Waals surface area contributed by atoms with Crippen molar-refractivity contribution in [2.45, 2.75) is 59.5 Å². The molecule has 0 aliphatic heterocycles. The number of nitrogens with one attached hydrogen (secondary N) is 2. The lowest BCUT2D eigenvalue weighted by molar-refractivity contribution is 0.0998. The van der Waals surface area contributed by atoms with Crippen molar-refractivity contribution >= 4 is 17.3 Å². The maximum atomic E-state index is 9.21. The van der Waals surface area contributed by atoms with E-state index in [1.165, 1.54) is 19.3 Å². The molecule has 0 heterocycles. The van der Waals surface area contributed by atoms with Crippen LogP contribution in [0.25, 0.3) is 0 Å². The van der Waals surface area contributed by atoms with Gasteiger partial charge in [-0.1, -0.05) is 33.6 Å². The molecule has 1 rings (SSSR count). The summed E-state index contributed by atoms with van der Waals surface area (Å²) in [5.74, 6) is 0.814. The van der Waals surface area contributed by atoms with Crippen molar-refractivity contribution < 1.29 is 5.11 Å². The van der Waals surface area contributed by atoms with Crippen molar-refractivity contribution in [1.82, 2.24) is 10.6 Å². The van der Waals surface area contributed by atoms with E-state index in [9.17, 15) is 5.11 Å². The monoisotopic (exact) mass is 262 g/mol. The highest BCUT2D eigenvalue weighted by Crippen LogP contribution is 2.25. The van der Waals surface area contributed by atoms with Crippen molar-refractivity contribution in [2.24, 2.45) is 5.92 Å². The molecule has 0 aromatic rings. The summed E-state index contributed by atoms with van der Waals surface area (Å²) in [6.07, 6.45) is 5.93. The van der Waals surface area contributed by atoms with Crippen molar-refractivity contribution in [3.05, 3.63) is 0 Å².